The summed E-state index contributed by atoms with van der Waals surface area (Å²) in [6, 6.07) is 7.62. The summed E-state index contributed by atoms with van der Waals surface area (Å²) in [7, 11) is 1.33. The summed E-state index contributed by atoms with van der Waals surface area (Å²) in [5.74, 6) is -2.24. The second kappa shape index (κ2) is 5.65. The molecule has 21 heavy (non-hydrogen) atoms. The highest BCUT2D eigenvalue weighted by Crippen LogP contribution is 2.37. The van der Waals surface area contributed by atoms with Crippen LogP contribution in [0.5, 0.6) is 0 Å². The Balaban J connectivity index is 2.38. The van der Waals surface area contributed by atoms with Crippen molar-refractivity contribution in [1.29, 1.82) is 0 Å². The molecule has 1 aromatic carbocycles. The molecule has 0 spiro atoms. The number of aliphatic carboxylic acids is 1. The first kappa shape index (κ1) is 15.2. The molecule has 1 fully saturated rings. The number of nitrogens with zero attached hydrogens (tertiary/aromatic N) is 1. The van der Waals surface area contributed by atoms with E-state index in [1.165, 1.54) is 7.11 Å². The Morgan fingerprint density at radius 3 is 2.52 bits per heavy atom. The van der Waals surface area contributed by atoms with Gasteiger partial charge in [-0.15, -0.1) is 0 Å². The Morgan fingerprint density at radius 1 is 1.38 bits per heavy atom. The van der Waals surface area contributed by atoms with Gasteiger partial charge in [0.2, 0.25) is 11.8 Å². The number of carbonyl (C=O) groups is 3. The minimum atomic E-state index is -1.29. The Bertz CT molecular complexity index is 571. The van der Waals surface area contributed by atoms with Crippen molar-refractivity contribution < 1.29 is 24.2 Å². The Hall–Kier alpha value is -2.21. The van der Waals surface area contributed by atoms with Gasteiger partial charge in [-0.2, -0.15) is 0 Å². The summed E-state index contributed by atoms with van der Waals surface area (Å²) < 4.78 is 4.82. The van der Waals surface area contributed by atoms with E-state index >= 15 is 0 Å². The highest BCUT2D eigenvalue weighted by molar-refractivity contribution is 6.11. The fourth-order valence-electron chi connectivity index (χ4n) is 2.60. The number of imide groups is 1. The van der Waals surface area contributed by atoms with Crippen LogP contribution in [-0.2, 0) is 24.5 Å². The quantitative estimate of drug-likeness (QED) is 0.811. The normalized spacial score (nSPS) is 23.4. The van der Waals surface area contributed by atoms with Gasteiger partial charge in [-0.05, 0) is 12.5 Å². The van der Waals surface area contributed by atoms with Crippen LogP contribution in [-0.4, -0.2) is 47.5 Å². The topological polar surface area (TPSA) is 83.9 Å². The lowest BCUT2D eigenvalue weighted by molar-refractivity contribution is -0.157. The summed E-state index contributed by atoms with van der Waals surface area (Å²) in [5, 5.41) is 9.21. The zero-order chi connectivity index (χ0) is 15.6. The predicted molar refractivity (Wildman–Crippen MR) is 73.6 cm³/mol. The molecule has 1 N–H and O–H groups in total. The summed E-state index contributed by atoms with van der Waals surface area (Å²) >= 11 is 0. The summed E-state index contributed by atoms with van der Waals surface area (Å²) in [6.07, 6.45) is -0.0384. The average Bonchev–Trinajstić information content (AvgIpc) is 2.69. The third-order valence-electron chi connectivity index (χ3n) is 3.80. The molecule has 2 unspecified atom stereocenters. The number of hydrogen-bond donors (Lipinski definition) is 1. The zero-order valence-electron chi connectivity index (χ0n) is 11.9. The van der Waals surface area contributed by atoms with Gasteiger partial charge in [0.25, 0.3) is 0 Å². The molecule has 2 atom stereocenters. The van der Waals surface area contributed by atoms with Crippen molar-refractivity contribution in [2.75, 3.05) is 13.7 Å². The van der Waals surface area contributed by atoms with E-state index in [-0.39, 0.29) is 13.0 Å². The number of methoxy groups -OCH3 is 1. The van der Waals surface area contributed by atoms with Gasteiger partial charge in [-0.3, -0.25) is 14.5 Å². The van der Waals surface area contributed by atoms with Crippen LogP contribution in [0.3, 0.4) is 0 Å². The molecular formula is C15H17NO5. The smallest absolute Gasteiger partial charge is 0.329 e. The molecule has 1 saturated heterocycles. The van der Waals surface area contributed by atoms with Gasteiger partial charge in [-0.25, -0.2) is 4.79 Å². The molecule has 0 aromatic heterocycles. The van der Waals surface area contributed by atoms with Crippen LogP contribution in [0.4, 0.5) is 0 Å². The number of carboxylic acids is 1. The summed E-state index contributed by atoms with van der Waals surface area (Å²) in [6.45, 7) is 1.44. The Morgan fingerprint density at radius 2 is 2.00 bits per heavy atom. The molecule has 0 radical (unpaired) electrons. The van der Waals surface area contributed by atoms with E-state index in [1.54, 1.807) is 31.2 Å². The SMILES string of the molecule is COCC(C(=O)O)N1C(=O)CC(C)(c2ccccc2)C1=O. The lowest BCUT2D eigenvalue weighted by Crippen LogP contribution is -2.49. The number of hydrogen-bond acceptors (Lipinski definition) is 4. The van der Waals surface area contributed by atoms with Crippen LogP contribution in [0.25, 0.3) is 0 Å². The largest absolute Gasteiger partial charge is 0.480 e. The predicted octanol–water partition coefficient (Wildman–Crippen LogP) is 0.803. The standard InChI is InChI=1S/C15H17NO5/c1-15(10-6-4-3-5-7-10)8-12(17)16(14(15)20)11(9-21-2)13(18)19/h3-7,11H,8-9H2,1-2H3,(H,18,19). The lowest BCUT2D eigenvalue weighted by atomic mass is 9.81. The van der Waals surface area contributed by atoms with Gasteiger partial charge in [0.15, 0.2) is 6.04 Å². The minimum absolute atomic E-state index is 0.0384. The number of carboxylic acid groups (broad SMARTS) is 1. The fourth-order valence-corrected chi connectivity index (χ4v) is 2.60. The van der Waals surface area contributed by atoms with Crippen LogP contribution in [0.1, 0.15) is 18.9 Å². The third kappa shape index (κ3) is 2.54. The molecule has 2 rings (SSSR count). The molecule has 0 saturated carbocycles. The minimum Gasteiger partial charge on any atom is -0.480 e. The number of carbonyl (C=O) groups excluding carboxylic acids is 2. The molecule has 2 amide bonds. The van der Waals surface area contributed by atoms with Crippen LogP contribution < -0.4 is 0 Å². The highest BCUT2D eigenvalue weighted by atomic mass is 16.5. The molecule has 6 heteroatoms. The maximum Gasteiger partial charge on any atom is 0.329 e. The monoisotopic (exact) mass is 291 g/mol. The molecule has 6 nitrogen and oxygen atoms in total. The molecule has 0 aliphatic carbocycles. The van der Waals surface area contributed by atoms with Gasteiger partial charge in [0.1, 0.15) is 0 Å². The third-order valence-corrected chi connectivity index (χ3v) is 3.80. The summed E-state index contributed by atoms with van der Waals surface area (Å²) in [4.78, 5) is 36.9. The number of ether oxygens (including phenoxy) is 1. The first-order valence-electron chi connectivity index (χ1n) is 6.55. The van der Waals surface area contributed by atoms with Gasteiger partial charge in [-0.1, -0.05) is 30.3 Å². The van der Waals surface area contributed by atoms with Crippen molar-refractivity contribution in [3.05, 3.63) is 35.9 Å². The van der Waals surface area contributed by atoms with Gasteiger partial charge >= 0.3 is 5.97 Å². The second-order valence-corrected chi connectivity index (χ2v) is 5.25. The zero-order valence-corrected chi connectivity index (χ0v) is 11.9. The van der Waals surface area contributed by atoms with Crippen molar-refractivity contribution in [2.45, 2.75) is 24.8 Å². The first-order chi connectivity index (χ1) is 9.91. The van der Waals surface area contributed by atoms with E-state index in [0.717, 1.165) is 4.90 Å². The van der Waals surface area contributed by atoms with E-state index < -0.39 is 29.2 Å². The van der Waals surface area contributed by atoms with E-state index in [2.05, 4.69) is 0 Å². The van der Waals surface area contributed by atoms with Crippen molar-refractivity contribution in [3.63, 3.8) is 0 Å². The molecule has 1 aromatic rings. The first-order valence-corrected chi connectivity index (χ1v) is 6.55. The average molecular weight is 291 g/mol. The van der Waals surface area contributed by atoms with Crippen molar-refractivity contribution in [1.82, 2.24) is 4.90 Å². The van der Waals surface area contributed by atoms with Crippen molar-refractivity contribution >= 4 is 17.8 Å². The van der Waals surface area contributed by atoms with Crippen molar-refractivity contribution in [3.8, 4) is 0 Å². The number of amides is 2. The highest BCUT2D eigenvalue weighted by Gasteiger charge is 2.52. The van der Waals surface area contributed by atoms with E-state index in [0.29, 0.717) is 5.56 Å². The van der Waals surface area contributed by atoms with Crippen molar-refractivity contribution in [2.24, 2.45) is 0 Å². The summed E-state index contributed by atoms with van der Waals surface area (Å²) in [5.41, 5.74) is -0.327. The maximum absolute atomic E-state index is 12.6. The van der Waals surface area contributed by atoms with Gasteiger partial charge < -0.3 is 9.84 Å². The van der Waals surface area contributed by atoms with Crippen LogP contribution in [0.2, 0.25) is 0 Å². The van der Waals surface area contributed by atoms with Gasteiger partial charge in [0.05, 0.1) is 12.0 Å². The molecule has 112 valence electrons. The van der Waals surface area contributed by atoms with Crippen LogP contribution in [0, 0.1) is 0 Å². The Kier molecular flexibility index (Phi) is 4.09. The number of rotatable bonds is 5. The fraction of sp³-hybridized carbons (Fsp3) is 0.400. The van der Waals surface area contributed by atoms with Crippen LogP contribution >= 0.6 is 0 Å². The molecular weight excluding hydrogens is 274 g/mol. The molecule has 0 bridgehead atoms. The van der Waals surface area contributed by atoms with E-state index in [4.69, 9.17) is 4.74 Å². The lowest BCUT2D eigenvalue weighted by Gasteiger charge is -2.26. The molecule has 1 aliphatic heterocycles. The number of benzene rings is 1. The molecule has 1 aliphatic rings. The molecule has 1 heterocycles. The van der Waals surface area contributed by atoms with Crippen LogP contribution in [0.15, 0.2) is 30.3 Å². The maximum atomic E-state index is 12.6. The Labute approximate surface area is 122 Å². The van der Waals surface area contributed by atoms with E-state index in [9.17, 15) is 19.5 Å². The van der Waals surface area contributed by atoms with Gasteiger partial charge in [0, 0.05) is 13.5 Å². The van der Waals surface area contributed by atoms with E-state index in [1.807, 2.05) is 6.07 Å². The number of likely N-dealkylation sites (tertiary alicyclic amines) is 1. The second-order valence-electron chi connectivity index (χ2n) is 5.25.